The van der Waals surface area contributed by atoms with Crippen molar-refractivity contribution in [2.75, 3.05) is 32.2 Å². The van der Waals surface area contributed by atoms with Crippen molar-refractivity contribution in [3.8, 4) is 23.1 Å². The van der Waals surface area contributed by atoms with Gasteiger partial charge in [0.1, 0.15) is 11.8 Å². The first kappa shape index (κ1) is 23.2. The molecule has 32 heavy (non-hydrogen) atoms. The van der Waals surface area contributed by atoms with E-state index in [-0.39, 0.29) is 0 Å². The Bertz CT molecular complexity index is 1040. The number of aromatic nitrogens is 2. The minimum absolute atomic E-state index is 0.387. The van der Waals surface area contributed by atoms with Gasteiger partial charge in [-0.25, -0.2) is 9.97 Å². The molecule has 0 atom stereocenters. The summed E-state index contributed by atoms with van der Waals surface area (Å²) < 4.78 is 10.8. The van der Waals surface area contributed by atoms with Crippen molar-refractivity contribution in [3.05, 3.63) is 65.9 Å². The van der Waals surface area contributed by atoms with Gasteiger partial charge < -0.3 is 20.1 Å². The highest BCUT2D eigenvalue weighted by atomic mass is 16.5. The Labute approximate surface area is 189 Å². The fourth-order valence-corrected chi connectivity index (χ4v) is 2.98. The molecular weight excluding hydrogens is 402 g/mol. The van der Waals surface area contributed by atoms with Crippen LogP contribution < -0.4 is 15.4 Å². The van der Waals surface area contributed by atoms with Gasteiger partial charge in [0.15, 0.2) is 0 Å². The normalized spacial score (nSPS) is 10.7. The summed E-state index contributed by atoms with van der Waals surface area (Å²) in [5.74, 6) is 1.47. The minimum atomic E-state index is 0.387. The lowest BCUT2D eigenvalue weighted by Gasteiger charge is -2.12. The van der Waals surface area contributed by atoms with Gasteiger partial charge in [-0.1, -0.05) is 26.0 Å². The fourth-order valence-electron chi connectivity index (χ4n) is 2.98. The molecule has 0 fully saturated rings. The van der Waals surface area contributed by atoms with Crippen molar-refractivity contribution in [3.63, 3.8) is 0 Å². The Morgan fingerprint density at radius 1 is 1.09 bits per heavy atom. The van der Waals surface area contributed by atoms with E-state index in [9.17, 15) is 5.26 Å². The zero-order valence-electron chi connectivity index (χ0n) is 18.8. The smallest absolute Gasteiger partial charge is 0.227 e. The molecule has 0 spiro atoms. The van der Waals surface area contributed by atoms with Crippen LogP contribution in [0.2, 0.25) is 0 Å². The molecule has 3 rings (SSSR count). The van der Waals surface area contributed by atoms with Crippen LogP contribution in [-0.2, 0) is 11.3 Å². The summed E-state index contributed by atoms with van der Waals surface area (Å²) in [6.07, 6.45) is 1.70. The van der Waals surface area contributed by atoms with Crippen LogP contribution in [0.25, 0.3) is 11.3 Å². The second kappa shape index (κ2) is 11.8. The molecule has 1 heterocycles. The predicted octanol–water partition coefficient (Wildman–Crippen LogP) is 4.53. The molecule has 3 aromatic rings. The monoisotopic (exact) mass is 431 g/mol. The van der Waals surface area contributed by atoms with Crippen molar-refractivity contribution in [2.24, 2.45) is 5.92 Å². The van der Waals surface area contributed by atoms with Crippen molar-refractivity contribution in [2.45, 2.75) is 20.4 Å². The van der Waals surface area contributed by atoms with E-state index >= 15 is 0 Å². The van der Waals surface area contributed by atoms with E-state index in [0.717, 1.165) is 30.0 Å². The second-order valence-corrected chi connectivity index (χ2v) is 7.78. The summed E-state index contributed by atoms with van der Waals surface area (Å²) in [5, 5.41) is 16.1. The van der Waals surface area contributed by atoms with Gasteiger partial charge in [0.2, 0.25) is 5.95 Å². The van der Waals surface area contributed by atoms with Crippen LogP contribution in [0.3, 0.4) is 0 Å². The third-order valence-electron chi connectivity index (χ3n) is 4.65. The average molecular weight is 432 g/mol. The maximum Gasteiger partial charge on any atom is 0.227 e. The lowest BCUT2D eigenvalue weighted by molar-refractivity contribution is 0.199. The zero-order chi connectivity index (χ0) is 22.8. The largest absolute Gasteiger partial charge is 0.492 e. The molecule has 1 aromatic heterocycles. The maximum absolute atomic E-state index is 9.52. The molecule has 0 bridgehead atoms. The van der Waals surface area contributed by atoms with E-state index in [1.807, 2.05) is 30.3 Å². The van der Waals surface area contributed by atoms with Crippen molar-refractivity contribution < 1.29 is 9.47 Å². The number of ether oxygens (including phenoxy) is 2. The maximum atomic E-state index is 9.52. The second-order valence-electron chi connectivity index (χ2n) is 7.78. The molecule has 7 nitrogen and oxygen atoms in total. The Kier molecular flexibility index (Phi) is 8.55. The first-order valence-electron chi connectivity index (χ1n) is 10.6. The van der Waals surface area contributed by atoms with E-state index in [4.69, 9.17) is 9.47 Å². The van der Waals surface area contributed by atoms with Gasteiger partial charge in [0.25, 0.3) is 0 Å². The van der Waals surface area contributed by atoms with E-state index in [2.05, 4.69) is 52.7 Å². The van der Waals surface area contributed by atoms with Crippen LogP contribution in [0.5, 0.6) is 5.75 Å². The zero-order valence-corrected chi connectivity index (χ0v) is 18.8. The quantitative estimate of drug-likeness (QED) is 0.431. The van der Waals surface area contributed by atoms with E-state index in [1.54, 1.807) is 19.4 Å². The summed E-state index contributed by atoms with van der Waals surface area (Å²) in [5.41, 5.74) is 4.14. The van der Waals surface area contributed by atoms with Crippen LogP contribution >= 0.6 is 0 Å². The number of methoxy groups -OCH3 is 1. The highest BCUT2D eigenvalue weighted by Gasteiger charge is 2.09. The van der Waals surface area contributed by atoms with E-state index < -0.39 is 0 Å². The average Bonchev–Trinajstić information content (AvgIpc) is 2.81. The topological polar surface area (TPSA) is 92.1 Å². The number of anilines is 2. The van der Waals surface area contributed by atoms with Gasteiger partial charge in [-0.15, -0.1) is 0 Å². The van der Waals surface area contributed by atoms with Crippen molar-refractivity contribution >= 4 is 11.6 Å². The summed E-state index contributed by atoms with van der Waals surface area (Å²) in [6.45, 7) is 7.00. The fraction of sp³-hybridized carbons (Fsp3) is 0.320. The molecule has 7 heteroatoms. The Morgan fingerprint density at radius 2 is 1.91 bits per heavy atom. The van der Waals surface area contributed by atoms with Crippen LogP contribution in [-0.4, -0.2) is 36.8 Å². The van der Waals surface area contributed by atoms with Crippen LogP contribution in [0.1, 0.15) is 25.0 Å². The number of benzene rings is 2. The molecule has 0 saturated heterocycles. The molecule has 0 aliphatic heterocycles. The third-order valence-corrected chi connectivity index (χ3v) is 4.65. The summed E-state index contributed by atoms with van der Waals surface area (Å²) in [6, 6.07) is 17.7. The standard InChI is InChI=1S/C25H29N5O2/c1-18(2)17-32-24-9-6-20(14-21(24)15-26)23-10-11-28-25(30-23)29-22-7-4-19(5-8-22)16-27-12-13-31-3/h4-11,14,18,27H,12-13,16-17H2,1-3H3,(H,28,29,30). The number of hydrogen-bond acceptors (Lipinski definition) is 7. The Balaban J connectivity index is 1.68. The van der Waals surface area contributed by atoms with Gasteiger partial charge in [0, 0.05) is 37.6 Å². The van der Waals surface area contributed by atoms with E-state index in [0.29, 0.717) is 36.4 Å². The first-order chi connectivity index (χ1) is 15.6. The Hall–Kier alpha value is -3.47. The van der Waals surface area contributed by atoms with Crippen molar-refractivity contribution in [1.29, 1.82) is 5.26 Å². The van der Waals surface area contributed by atoms with Gasteiger partial charge in [-0.2, -0.15) is 5.26 Å². The molecule has 0 saturated carbocycles. The molecule has 166 valence electrons. The lowest BCUT2D eigenvalue weighted by atomic mass is 10.1. The molecule has 2 N–H and O–H groups in total. The highest BCUT2D eigenvalue weighted by molar-refractivity contribution is 5.65. The predicted molar refractivity (Wildman–Crippen MR) is 126 cm³/mol. The molecular formula is C25H29N5O2. The lowest BCUT2D eigenvalue weighted by Crippen LogP contribution is -2.18. The Morgan fingerprint density at radius 3 is 2.62 bits per heavy atom. The minimum Gasteiger partial charge on any atom is -0.492 e. The third kappa shape index (κ3) is 6.77. The highest BCUT2D eigenvalue weighted by Crippen LogP contribution is 2.26. The van der Waals surface area contributed by atoms with Crippen molar-refractivity contribution in [1.82, 2.24) is 15.3 Å². The molecule has 0 unspecified atom stereocenters. The summed E-state index contributed by atoms with van der Waals surface area (Å²) in [7, 11) is 1.69. The molecule has 0 radical (unpaired) electrons. The number of nitrogens with zero attached hydrogens (tertiary/aromatic N) is 3. The first-order valence-corrected chi connectivity index (χ1v) is 10.6. The number of rotatable bonds is 11. The van der Waals surface area contributed by atoms with Gasteiger partial charge in [-0.3, -0.25) is 0 Å². The van der Waals surface area contributed by atoms with Gasteiger partial charge >= 0.3 is 0 Å². The summed E-state index contributed by atoms with van der Waals surface area (Å²) in [4.78, 5) is 8.93. The van der Waals surface area contributed by atoms with Crippen LogP contribution in [0.15, 0.2) is 54.7 Å². The van der Waals surface area contributed by atoms with Gasteiger partial charge in [0.05, 0.1) is 24.5 Å². The van der Waals surface area contributed by atoms with Crippen LogP contribution in [0, 0.1) is 17.2 Å². The molecule has 2 aromatic carbocycles. The molecule has 0 aliphatic carbocycles. The summed E-state index contributed by atoms with van der Waals surface area (Å²) >= 11 is 0. The van der Waals surface area contributed by atoms with Gasteiger partial charge in [-0.05, 0) is 47.9 Å². The van der Waals surface area contributed by atoms with Crippen LogP contribution in [0.4, 0.5) is 11.6 Å². The number of hydrogen-bond donors (Lipinski definition) is 2. The molecule has 0 aliphatic rings. The number of nitrogens with one attached hydrogen (secondary N) is 2. The molecule has 0 amide bonds. The SMILES string of the molecule is COCCNCc1ccc(Nc2nccc(-c3ccc(OCC(C)C)c(C#N)c3)n2)cc1. The van der Waals surface area contributed by atoms with E-state index in [1.165, 1.54) is 5.56 Å². The number of nitriles is 1.